The maximum Gasteiger partial charge on any atom is 0.232 e. The summed E-state index contributed by atoms with van der Waals surface area (Å²) in [6, 6.07) is 5.78. The van der Waals surface area contributed by atoms with Crippen molar-refractivity contribution in [2.24, 2.45) is 0 Å². The highest BCUT2D eigenvalue weighted by atomic mass is 32.2. The summed E-state index contributed by atoms with van der Waals surface area (Å²) in [5, 5.41) is 0. The lowest BCUT2D eigenvalue weighted by Gasteiger charge is -2.33. The Bertz CT molecular complexity index is 674. The molecule has 22 heavy (non-hydrogen) atoms. The predicted molar refractivity (Wildman–Crippen MR) is 83.3 cm³/mol. The number of fused-ring (bicyclic) bond motifs is 1. The van der Waals surface area contributed by atoms with Crippen molar-refractivity contribution in [3.8, 4) is 0 Å². The minimum absolute atomic E-state index is 0.141. The fourth-order valence-corrected chi connectivity index (χ4v) is 4.09. The van der Waals surface area contributed by atoms with E-state index in [2.05, 4.69) is 0 Å². The van der Waals surface area contributed by atoms with Crippen LogP contribution in [0.15, 0.2) is 18.2 Å². The number of benzene rings is 1. The van der Waals surface area contributed by atoms with E-state index in [4.69, 9.17) is 4.74 Å². The summed E-state index contributed by atoms with van der Waals surface area (Å²) in [4.78, 5) is 12.6. The van der Waals surface area contributed by atoms with Gasteiger partial charge in [0.1, 0.15) is 6.10 Å². The van der Waals surface area contributed by atoms with Crippen LogP contribution in [0, 0.1) is 0 Å². The number of sulfonamides is 1. The molecule has 1 saturated heterocycles. The van der Waals surface area contributed by atoms with Gasteiger partial charge in [0, 0.05) is 13.1 Å². The number of ether oxygens (including phenoxy) is 1. The molecule has 0 radical (unpaired) electrons. The van der Waals surface area contributed by atoms with Crippen LogP contribution in [-0.2, 0) is 26.0 Å². The summed E-state index contributed by atoms with van der Waals surface area (Å²) in [6.45, 7) is 2.21. The smallest absolute Gasteiger partial charge is 0.232 e. The third-order valence-electron chi connectivity index (χ3n) is 4.20. The molecule has 0 N–H and O–H groups in total. The Morgan fingerprint density at radius 1 is 1.32 bits per heavy atom. The van der Waals surface area contributed by atoms with Crippen LogP contribution in [-0.4, -0.2) is 52.2 Å². The molecule has 7 heteroatoms. The number of hydrogen-bond donors (Lipinski definition) is 0. The molecule has 3 rings (SSSR count). The summed E-state index contributed by atoms with van der Waals surface area (Å²) in [6.07, 6.45) is 3.62. The molecule has 2 aliphatic heterocycles. The molecule has 1 unspecified atom stereocenters. The molecule has 6 nitrogen and oxygen atoms in total. The van der Waals surface area contributed by atoms with Gasteiger partial charge in [-0.25, -0.2) is 8.42 Å². The molecule has 2 heterocycles. The van der Waals surface area contributed by atoms with E-state index in [1.165, 1.54) is 10.6 Å². The Hall–Kier alpha value is -1.60. The van der Waals surface area contributed by atoms with Gasteiger partial charge in [-0.15, -0.1) is 0 Å². The van der Waals surface area contributed by atoms with Crippen LogP contribution in [0.2, 0.25) is 0 Å². The van der Waals surface area contributed by atoms with Crippen LogP contribution in [0.4, 0.5) is 5.69 Å². The fourth-order valence-electron chi connectivity index (χ4n) is 3.09. The van der Waals surface area contributed by atoms with E-state index in [0.717, 1.165) is 36.1 Å². The maximum atomic E-state index is 11.9. The van der Waals surface area contributed by atoms with Crippen molar-refractivity contribution in [1.82, 2.24) is 4.90 Å². The van der Waals surface area contributed by atoms with Crippen molar-refractivity contribution < 1.29 is 17.9 Å². The number of carbonyl (C=O) groups is 1. The number of nitrogens with zero attached hydrogens (tertiary/aromatic N) is 2. The van der Waals surface area contributed by atoms with E-state index in [0.29, 0.717) is 26.2 Å². The molecule has 0 saturated carbocycles. The van der Waals surface area contributed by atoms with Crippen molar-refractivity contribution in [3.05, 3.63) is 29.3 Å². The zero-order chi connectivity index (χ0) is 15.7. The molecule has 0 aliphatic carbocycles. The van der Waals surface area contributed by atoms with Gasteiger partial charge in [0.05, 0.1) is 25.1 Å². The van der Waals surface area contributed by atoms with Crippen LogP contribution in [0.1, 0.15) is 23.7 Å². The van der Waals surface area contributed by atoms with Crippen molar-refractivity contribution >= 4 is 22.1 Å². The number of amides is 1. The molecule has 1 amide bonds. The molecule has 1 atom stereocenters. The van der Waals surface area contributed by atoms with Crippen molar-refractivity contribution in [2.45, 2.75) is 18.9 Å². The number of carbonyl (C=O) groups excluding carboxylic acids is 1. The largest absolute Gasteiger partial charge is 0.370 e. The number of hydrogen-bond acceptors (Lipinski definition) is 4. The van der Waals surface area contributed by atoms with Gasteiger partial charge in [0.25, 0.3) is 0 Å². The van der Waals surface area contributed by atoms with Crippen molar-refractivity contribution in [2.75, 3.05) is 36.8 Å². The van der Waals surface area contributed by atoms with Gasteiger partial charge in [-0.3, -0.25) is 9.10 Å². The number of morpholine rings is 1. The minimum atomic E-state index is -3.24. The average Bonchev–Trinajstić information content (AvgIpc) is 2.53. The quantitative estimate of drug-likeness (QED) is 0.776. The highest BCUT2D eigenvalue weighted by molar-refractivity contribution is 7.92. The summed E-state index contributed by atoms with van der Waals surface area (Å²) in [5.74, 6) is 0. The standard InChI is InChI=1S/C15H20N2O4S/c1-22(19,20)17-6-2-3-12-9-13(4-5-14(12)17)15-10-16(11-18)7-8-21-15/h4-5,9,11,15H,2-3,6-8,10H2,1H3. The predicted octanol–water partition coefficient (Wildman–Crippen LogP) is 0.928. The molecule has 120 valence electrons. The Morgan fingerprint density at radius 3 is 2.86 bits per heavy atom. The molecule has 0 spiro atoms. The minimum Gasteiger partial charge on any atom is -0.370 e. The van der Waals surface area contributed by atoms with Crippen molar-refractivity contribution in [3.63, 3.8) is 0 Å². The van der Waals surface area contributed by atoms with Crippen LogP contribution in [0.25, 0.3) is 0 Å². The molecule has 1 fully saturated rings. The molecule has 2 aliphatic rings. The second kappa shape index (κ2) is 5.89. The third-order valence-corrected chi connectivity index (χ3v) is 5.38. The first-order valence-corrected chi connectivity index (χ1v) is 9.25. The van der Waals surface area contributed by atoms with Crippen molar-refractivity contribution in [1.29, 1.82) is 0 Å². The van der Waals surface area contributed by atoms with E-state index in [-0.39, 0.29) is 6.10 Å². The van der Waals surface area contributed by atoms with Gasteiger partial charge in [-0.05, 0) is 30.0 Å². The van der Waals surface area contributed by atoms with E-state index in [1.807, 2.05) is 18.2 Å². The third kappa shape index (κ3) is 2.96. The SMILES string of the molecule is CS(=O)(=O)N1CCCc2cc(C3CN(C=O)CCO3)ccc21. The van der Waals surface area contributed by atoms with Gasteiger partial charge in [0.15, 0.2) is 0 Å². The number of anilines is 1. The van der Waals surface area contributed by atoms with Crippen LogP contribution >= 0.6 is 0 Å². The number of rotatable bonds is 3. The molecular formula is C15H20N2O4S. The zero-order valence-electron chi connectivity index (χ0n) is 12.6. The normalized spacial score (nSPS) is 22.3. The Balaban J connectivity index is 1.89. The van der Waals surface area contributed by atoms with Gasteiger partial charge in [-0.1, -0.05) is 12.1 Å². The van der Waals surface area contributed by atoms with Gasteiger partial charge >= 0.3 is 0 Å². The van der Waals surface area contributed by atoms with E-state index < -0.39 is 10.0 Å². The Kier molecular flexibility index (Phi) is 4.10. The Labute approximate surface area is 130 Å². The van der Waals surface area contributed by atoms with Crippen LogP contribution in [0.5, 0.6) is 0 Å². The van der Waals surface area contributed by atoms with Gasteiger partial charge < -0.3 is 9.64 Å². The monoisotopic (exact) mass is 324 g/mol. The van der Waals surface area contributed by atoms with E-state index in [9.17, 15) is 13.2 Å². The lowest BCUT2D eigenvalue weighted by atomic mass is 9.98. The van der Waals surface area contributed by atoms with Crippen LogP contribution in [0.3, 0.4) is 0 Å². The summed E-state index contributed by atoms with van der Waals surface area (Å²) < 4.78 is 31.0. The van der Waals surface area contributed by atoms with Gasteiger partial charge in [0.2, 0.25) is 16.4 Å². The first kappa shape index (κ1) is 15.3. The van der Waals surface area contributed by atoms with E-state index >= 15 is 0 Å². The van der Waals surface area contributed by atoms with E-state index in [1.54, 1.807) is 4.90 Å². The lowest BCUT2D eigenvalue weighted by Crippen LogP contribution is -2.37. The molecular weight excluding hydrogens is 304 g/mol. The Morgan fingerprint density at radius 2 is 2.14 bits per heavy atom. The second-order valence-corrected chi connectivity index (χ2v) is 7.69. The van der Waals surface area contributed by atoms with Crippen LogP contribution < -0.4 is 4.31 Å². The zero-order valence-corrected chi connectivity index (χ0v) is 13.4. The fraction of sp³-hybridized carbons (Fsp3) is 0.533. The highest BCUT2D eigenvalue weighted by Gasteiger charge is 2.26. The topological polar surface area (TPSA) is 66.9 Å². The second-order valence-electron chi connectivity index (χ2n) is 5.79. The summed E-state index contributed by atoms with van der Waals surface area (Å²) in [5.41, 5.74) is 2.79. The number of aryl methyl sites for hydroxylation is 1. The first-order chi connectivity index (χ1) is 10.5. The molecule has 1 aromatic rings. The molecule has 1 aromatic carbocycles. The summed E-state index contributed by atoms with van der Waals surface area (Å²) >= 11 is 0. The average molecular weight is 324 g/mol. The maximum absolute atomic E-state index is 11.9. The highest BCUT2D eigenvalue weighted by Crippen LogP contribution is 2.32. The summed E-state index contributed by atoms with van der Waals surface area (Å²) in [7, 11) is -3.24. The lowest BCUT2D eigenvalue weighted by molar-refractivity contribution is -0.125. The first-order valence-electron chi connectivity index (χ1n) is 7.40. The molecule has 0 aromatic heterocycles. The molecule has 0 bridgehead atoms. The van der Waals surface area contributed by atoms with Gasteiger partial charge in [-0.2, -0.15) is 0 Å².